The molecule has 0 aliphatic heterocycles. The molecular weight excluding hydrogens is 390 g/mol. The molecule has 0 aliphatic rings. The van der Waals surface area contributed by atoms with E-state index in [-0.39, 0.29) is 34.5 Å². The zero-order valence-electron chi connectivity index (χ0n) is 15.4. The topological polar surface area (TPSA) is 125 Å². The summed E-state index contributed by atoms with van der Waals surface area (Å²) in [7, 11) is 0. The molecule has 28 heavy (non-hydrogen) atoms. The van der Waals surface area contributed by atoms with Gasteiger partial charge in [0, 0.05) is 6.20 Å². The van der Waals surface area contributed by atoms with Gasteiger partial charge in [0.15, 0.2) is 10.9 Å². The zero-order valence-corrected chi connectivity index (χ0v) is 16.2. The summed E-state index contributed by atoms with van der Waals surface area (Å²) in [6.07, 6.45) is 2.94. The van der Waals surface area contributed by atoms with E-state index in [2.05, 4.69) is 15.2 Å². The fraction of sp³-hybridized carbons (Fsp3) is 0.278. The molecule has 1 N–H and O–H groups in total. The van der Waals surface area contributed by atoms with Gasteiger partial charge in [0.25, 0.3) is 5.76 Å². The molecule has 3 rings (SSSR count). The third-order valence-corrected chi connectivity index (χ3v) is 3.69. The Kier molecular flexibility index (Phi) is 7.28. The number of aromatic hydroxyl groups is 1. The Hall–Kier alpha value is -3.20. The number of aryl methyl sites for hydroxylation is 1. The maximum absolute atomic E-state index is 11.4. The highest BCUT2D eigenvalue weighted by molar-refractivity contribution is 6.32. The fourth-order valence-electron chi connectivity index (χ4n) is 2.17. The summed E-state index contributed by atoms with van der Waals surface area (Å²) in [5.74, 6) is -1.56. The number of hydrogen-bond donors (Lipinski definition) is 1. The number of carbonyl (C=O) groups is 2. The van der Waals surface area contributed by atoms with E-state index in [1.165, 1.54) is 12.3 Å². The largest absolute Gasteiger partial charge is 0.503 e. The first-order valence-electron chi connectivity index (χ1n) is 8.29. The molecule has 0 aromatic carbocycles. The van der Waals surface area contributed by atoms with Crippen LogP contribution in [0.15, 0.2) is 28.9 Å². The van der Waals surface area contributed by atoms with Crippen LogP contribution in [-0.4, -0.2) is 45.4 Å². The molecule has 0 saturated heterocycles. The van der Waals surface area contributed by atoms with E-state index in [0.717, 1.165) is 5.56 Å². The number of esters is 2. The van der Waals surface area contributed by atoms with E-state index in [9.17, 15) is 14.7 Å². The minimum atomic E-state index is -0.683. The number of fused-ring (bicyclic) bond motifs is 1. The number of hydrogen-bond acceptors (Lipinski definition) is 9. The number of ether oxygens (including phenoxy) is 2. The standard InChI is InChI=1S/C11H11NO4.C7H7ClN2O2/c1-3-15-11(14)9-8(13)7-6(2)4-5-12-10(7)16-9;1-2-12-7(11)5-3-4-9-10-6(5)8/h4-5,13H,3H2,1-2H3;3-4H,2H2,1H3. The van der Waals surface area contributed by atoms with Crippen LogP contribution in [0.25, 0.3) is 11.1 Å². The highest BCUT2D eigenvalue weighted by Crippen LogP contribution is 2.33. The summed E-state index contributed by atoms with van der Waals surface area (Å²) in [6.45, 7) is 5.74. The normalized spacial score (nSPS) is 10.1. The second kappa shape index (κ2) is 9.65. The number of nitrogens with zero attached hydrogens (tertiary/aromatic N) is 3. The highest BCUT2D eigenvalue weighted by Gasteiger charge is 2.22. The lowest BCUT2D eigenvalue weighted by Gasteiger charge is -2.00. The molecule has 3 aromatic heterocycles. The van der Waals surface area contributed by atoms with Crippen molar-refractivity contribution in [1.82, 2.24) is 15.2 Å². The van der Waals surface area contributed by atoms with Crippen LogP contribution in [0.2, 0.25) is 5.15 Å². The summed E-state index contributed by atoms with van der Waals surface area (Å²) < 4.78 is 14.6. The van der Waals surface area contributed by atoms with E-state index < -0.39 is 11.9 Å². The first-order valence-corrected chi connectivity index (χ1v) is 8.66. The number of furan rings is 1. The minimum absolute atomic E-state index is 0.0657. The van der Waals surface area contributed by atoms with Gasteiger partial charge in [-0.05, 0) is 38.5 Å². The lowest BCUT2D eigenvalue weighted by atomic mass is 10.2. The average Bonchev–Trinajstić information content (AvgIpc) is 3.01. The van der Waals surface area contributed by atoms with Crippen LogP contribution in [0.1, 0.15) is 40.3 Å². The zero-order chi connectivity index (χ0) is 20.7. The van der Waals surface area contributed by atoms with Gasteiger partial charge in [-0.3, -0.25) is 0 Å². The van der Waals surface area contributed by atoms with Crippen molar-refractivity contribution in [2.75, 3.05) is 13.2 Å². The molecule has 3 heterocycles. The molecule has 0 saturated carbocycles. The highest BCUT2D eigenvalue weighted by atomic mass is 35.5. The van der Waals surface area contributed by atoms with E-state index in [1.807, 2.05) is 0 Å². The fourth-order valence-corrected chi connectivity index (χ4v) is 2.35. The Morgan fingerprint density at radius 3 is 2.43 bits per heavy atom. The van der Waals surface area contributed by atoms with Gasteiger partial charge in [0.1, 0.15) is 5.56 Å². The van der Waals surface area contributed by atoms with Gasteiger partial charge < -0.3 is 19.0 Å². The monoisotopic (exact) mass is 407 g/mol. The lowest BCUT2D eigenvalue weighted by Crippen LogP contribution is -2.06. The van der Waals surface area contributed by atoms with Crippen molar-refractivity contribution in [3.8, 4) is 5.75 Å². The third kappa shape index (κ3) is 4.74. The van der Waals surface area contributed by atoms with Crippen LogP contribution < -0.4 is 0 Å². The number of rotatable bonds is 4. The quantitative estimate of drug-likeness (QED) is 0.648. The Bertz CT molecular complexity index is 989. The first-order chi connectivity index (χ1) is 13.4. The van der Waals surface area contributed by atoms with Crippen molar-refractivity contribution < 1.29 is 28.6 Å². The number of carbonyl (C=O) groups excluding carboxylic acids is 2. The summed E-state index contributed by atoms with van der Waals surface area (Å²) in [5.41, 5.74) is 1.27. The Morgan fingerprint density at radius 1 is 1.14 bits per heavy atom. The molecule has 0 radical (unpaired) electrons. The molecule has 10 heteroatoms. The molecule has 0 spiro atoms. The van der Waals surface area contributed by atoms with Gasteiger partial charge in [-0.15, -0.1) is 5.10 Å². The Labute approximate surface area is 165 Å². The second-order valence-electron chi connectivity index (χ2n) is 5.26. The van der Waals surface area contributed by atoms with Crippen LogP contribution in [-0.2, 0) is 9.47 Å². The van der Waals surface area contributed by atoms with Crippen molar-refractivity contribution >= 4 is 34.6 Å². The van der Waals surface area contributed by atoms with Crippen LogP contribution in [0.4, 0.5) is 0 Å². The predicted molar refractivity (Wildman–Crippen MR) is 99.4 cm³/mol. The van der Waals surface area contributed by atoms with Crippen molar-refractivity contribution in [2.24, 2.45) is 0 Å². The molecule has 9 nitrogen and oxygen atoms in total. The maximum Gasteiger partial charge on any atom is 0.378 e. The van der Waals surface area contributed by atoms with E-state index in [1.54, 1.807) is 33.0 Å². The van der Waals surface area contributed by atoms with Crippen LogP contribution in [0.3, 0.4) is 0 Å². The van der Waals surface area contributed by atoms with Gasteiger partial charge in [-0.2, -0.15) is 5.10 Å². The van der Waals surface area contributed by atoms with E-state index >= 15 is 0 Å². The smallest absolute Gasteiger partial charge is 0.378 e. The summed E-state index contributed by atoms with van der Waals surface area (Å²) >= 11 is 5.58. The van der Waals surface area contributed by atoms with Gasteiger partial charge in [-0.1, -0.05) is 11.6 Å². The molecule has 0 amide bonds. The number of aromatic nitrogens is 3. The van der Waals surface area contributed by atoms with Crippen LogP contribution in [0.5, 0.6) is 5.75 Å². The molecular formula is C18H18ClN3O6. The van der Waals surface area contributed by atoms with Gasteiger partial charge in [0.2, 0.25) is 5.71 Å². The SMILES string of the molecule is CCOC(=O)c1ccnnc1Cl.CCOC(=O)c1oc2nccc(C)c2c1O. The summed E-state index contributed by atoms with van der Waals surface area (Å²) in [5, 5.41) is 17.3. The Balaban J connectivity index is 0.000000209. The number of halogens is 1. The van der Waals surface area contributed by atoms with Crippen LogP contribution in [0, 0.1) is 6.92 Å². The van der Waals surface area contributed by atoms with Crippen molar-refractivity contribution in [1.29, 1.82) is 0 Å². The second-order valence-corrected chi connectivity index (χ2v) is 5.62. The molecule has 0 unspecified atom stereocenters. The number of pyridine rings is 1. The molecule has 0 aliphatic carbocycles. The van der Waals surface area contributed by atoms with E-state index in [4.69, 9.17) is 25.5 Å². The van der Waals surface area contributed by atoms with Crippen molar-refractivity contribution in [3.63, 3.8) is 0 Å². The Morgan fingerprint density at radius 2 is 1.82 bits per heavy atom. The average molecular weight is 408 g/mol. The summed E-state index contributed by atoms with van der Waals surface area (Å²) in [4.78, 5) is 26.5. The lowest BCUT2D eigenvalue weighted by molar-refractivity contribution is 0.0485. The predicted octanol–water partition coefficient (Wildman–Crippen LogP) is 3.33. The van der Waals surface area contributed by atoms with Crippen LogP contribution >= 0.6 is 11.6 Å². The van der Waals surface area contributed by atoms with Gasteiger partial charge >= 0.3 is 11.9 Å². The van der Waals surface area contributed by atoms with Gasteiger partial charge in [0.05, 0.1) is 24.8 Å². The maximum atomic E-state index is 11.4. The molecule has 3 aromatic rings. The van der Waals surface area contributed by atoms with Crippen molar-refractivity contribution in [2.45, 2.75) is 20.8 Å². The third-order valence-electron chi connectivity index (χ3n) is 3.41. The minimum Gasteiger partial charge on any atom is -0.503 e. The molecule has 0 fully saturated rings. The van der Waals surface area contributed by atoms with Gasteiger partial charge in [-0.25, -0.2) is 14.6 Å². The molecule has 0 atom stereocenters. The first kappa shape index (κ1) is 21.1. The van der Waals surface area contributed by atoms with E-state index in [0.29, 0.717) is 12.0 Å². The molecule has 0 bridgehead atoms. The summed E-state index contributed by atoms with van der Waals surface area (Å²) in [6, 6.07) is 3.19. The molecule has 148 valence electrons. The van der Waals surface area contributed by atoms with Crippen molar-refractivity contribution in [3.05, 3.63) is 46.6 Å².